The smallest absolute Gasteiger partial charge is 0.426 e. The fraction of sp³-hybridized carbons (Fsp3) is 0.186. The van der Waals surface area contributed by atoms with Crippen molar-refractivity contribution in [3.63, 3.8) is 0 Å². The number of fused-ring (bicyclic) bond motifs is 5. The third-order valence-corrected chi connectivity index (χ3v) is 10.1. The number of hydrogen-bond donors (Lipinski definition) is 6. The molecular weight excluding hydrogens is 778 g/mol. The van der Waals surface area contributed by atoms with Crippen LogP contribution in [-0.4, -0.2) is 57.9 Å². The molecule has 8 rings (SSSR count). The Morgan fingerprint density at radius 1 is 0.864 bits per heavy atom. The molecule has 16 heteroatoms. The molecule has 5 amide bonds. The highest BCUT2D eigenvalue weighted by atomic mass is 35.5. The molecule has 15 nitrogen and oxygen atoms in total. The van der Waals surface area contributed by atoms with E-state index in [2.05, 4.69) is 31.5 Å². The first-order valence-corrected chi connectivity index (χ1v) is 19.1. The number of para-hydroxylation sites is 1. The molecule has 4 heterocycles. The number of amides is 5. The molecule has 0 aliphatic carbocycles. The zero-order valence-electron chi connectivity index (χ0n) is 32.2. The Bertz CT molecular complexity index is 2780. The number of nitrogens with one attached hydrogen (secondary N) is 6. The van der Waals surface area contributed by atoms with Gasteiger partial charge in [-0.05, 0) is 99.5 Å². The minimum absolute atomic E-state index is 0.178. The van der Waals surface area contributed by atoms with E-state index in [1.54, 1.807) is 74.3 Å². The van der Waals surface area contributed by atoms with E-state index in [9.17, 15) is 24.0 Å². The standard InChI is InChI=1S/C43H38ClN7O8/c1-22-20-45-37-33(58-41(55)47-27-11-9-23(10-12-27)38(52)49-50-42(56)59-43(2,3)4)18-31-36(35(22)37)26(19-44)21-51(31)40(54)30-16-25-15-28(13-14-29(25)48-30)46-39(53)34-17-24-7-5-6-8-32(24)57-34/h5-18,20,26,45,48H,19,21H2,1-4H3,(H,46,53)(H,47,55)(H,49,52)(H,50,56)/t26-/m1/s1. The third-order valence-electron chi connectivity index (χ3n) is 9.70. The molecule has 4 aromatic carbocycles. The number of hydrazine groups is 1. The molecule has 3 aromatic heterocycles. The van der Waals surface area contributed by atoms with Crippen molar-refractivity contribution < 1.29 is 37.9 Å². The summed E-state index contributed by atoms with van der Waals surface area (Å²) in [6.45, 7) is 7.30. The topological polar surface area (TPSA) is 200 Å². The highest BCUT2D eigenvalue weighted by Gasteiger charge is 2.37. The summed E-state index contributed by atoms with van der Waals surface area (Å²) in [5.74, 6) is -0.932. The molecule has 7 aromatic rings. The van der Waals surface area contributed by atoms with Crippen molar-refractivity contribution in [1.82, 2.24) is 20.8 Å². The van der Waals surface area contributed by atoms with Gasteiger partial charge >= 0.3 is 12.2 Å². The second-order valence-corrected chi connectivity index (χ2v) is 15.4. The third kappa shape index (κ3) is 7.87. The van der Waals surface area contributed by atoms with Gasteiger partial charge in [0.1, 0.15) is 16.9 Å². The lowest BCUT2D eigenvalue weighted by atomic mass is 9.97. The van der Waals surface area contributed by atoms with Crippen molar-refractivity contribution in [2.24, 2.45) is 0 Å². The number of nitrogens with zero attached hydrogens (tertiary/aromatic N) is 1. The van der Waals surface area contributed by atoms with Gasteiger partial charge in [0.2, 0.25) is 0 Å². The van der Waals surface area contributed by atoms with Crippen molar-refractivity contribution in [2.45, 2.75) is 39.2 Å². The van der Waals surface area contributed by atoms with Crippen LogP contribution in [-0.2, 0) is 4.74 Å². The van der Waals surface area contributed by atoms with Gasteiger partial charge in [0.25, 0.3) is 17.7 Å². The van der Waals surface area contributed by atoms with Crippen LogP contribution in [0.25, 0.3) is 32.8 Å². The van der Waals surface area contributed by atoms with Gasteiger partial charge in [-0.2, -0.15) is 0 Å². The highest BCUT2D eigenvalue weighted by molar-refractivity contribution is 6.19. The molecule has 0 saturated carbocycles. The van der Waals surface area contributed by atoms with Gasteiger partial charge in [0.15, 0.2) is 11.5 Å². The zero-order valence-corrected chi connectivity index (χ0v) is 33.0. The summed E-state index contributed by atoms with van der Waals surface area (Å²) in [5, 5.41) is 7.85. The van der Waals surface area contributed by atoms with Crippen LogP contribution in [0.15, 0.2) is 95.5 Å². The number of ether oxygens (including phenoxy) is 2. The number of hydrogen-bond acceptors (Lipinski definition) is 8. The lowest BCUT2D eigenvalue weighted by molar-refractivity contribution is 0.0483. The van der Waals surface area contributed by atoms with Gasteiger partial charge in [-0.3, -0.25) is 25.1 Å². The Morgan fingerprint density at radius 2 is 1.63 bits per heavy atom. The fourth-order valence-electron chi connectivity index (χ4n) is 7.10. The number of carbonyl (C=O) groups excluding carboxylic acids is 5. The van der Waals surface area contributed by atoms with Crippen molar-refractivity contribution in [3.05, 3.63) is 119 Å². The van der Waals surface area contributed by atoms with Gasteiger partial charge in [-0.15, -0.1) is 11.6 Å². The van der Waals surface area contributed by atoms with E-state index in [1.165, 1.54) is 24.3 Å². The molecule has 6 N–H and O–H groups in total. The SMILES string of the molecule is Cc1c[nH]c2c(OC(=O)Nc3ccc(C(=O)NNC(=O)OC(C)(C)C)cc3)cc3c(c12)[C@H](CCl)CN3C(=O)c1cc2cc(NC(=O)c3cc4ccccc4o3)ccc2[nH]1. The van der Waals surface area contributed by atoms with E-state index < -0.39 is 29.6 Å². The predicted octanol–water partition coefficient (Wildman–Crippen LogP) is 8.72. The van der Waals surface area contributed by atoms with E-state index in [0.29, 0.717) is 44.8 Å². The van der Waals surface area contributed by atoms with E-state index in [1.807, 2.05) is 25.1 Å². The summed E-state index contributed by atoms with van der Waals surface area (Å²) in [7, 11) is 0. The molecule has 0 saturated heterocycles. The molecule has 0 unspecified atom stereocenters. The van der Waals surface area contributed by atoms with Crippen LogP contribution in [0, 0.1) is 6.92 Å². The average Bonchev–Trinajstić information content (AvgIpc) is 4.00. The van der Waals surface area contributed by atoms with Crippen molar-refractivity contribution in [1.29, 1.82) is 0 Å². The number of aromatic amines is 2. The number of aromatic nitrogens is 2. The van der Waals surface area contributed by atoms with Gasteiger partial charge in [-0.25, -0.2) is 15.0 Å². The number of furan rings is 1. The Morgan fingerprint density at radius 3 is 2.37 bits per heavy atom. The molecule has 59 heavy (non-hydrogen) atoms. The van der Waals surface area contributed by atoms with Gasteiger partial charge in [0, 0.05) is 69.2 Å². The molecule has 0 spiro atoms. The number of benzene rings is 4. The van der Waals surface area contributed by atoms with Crippen LogP contribution >= 0.6 is 11.6 Å². The first-order valence-electron chi connectivity index (χ1n) is 18.6. The van der Waals surface area contributed by atoms with Crippen molar-refractivity contribution in [3.8, 4) is 5.75 Å². The number of alkyl halides is 1. The fourth-order valence-corrected chi connectivity index (χ4v) is 7.35. The van der Waals surface area contributed by atoms with Crippen LogP contribution < -0.4 is 31.1 Å². The second kappa shape index (κ2) is 15.2. The number of anilines is 3. The van der Waals surface area contributed by atoms with Gasteiger partial charge in [0.05, 0.1) is 11.2 Å². The normalized spacial score (nSPS) is 13.6. The quantitative estimate of drug-likeness (QED) is 0.0678. The molecule has 1 aliphatic rings. The Hall–Kier alpha value is -7.26. The molecule has 1 atom stereocenters. The minimum atomic E-state index is -0.814. The lowest BCUT2D eigenvalue weighted by Gasteiger charge is -2.19. The van der Waals surface area contributed by atoms with Crippen molar-refractivity contribution >= 4 is 91.3 Å². The molecule has 0 bridgehead atoms. The van der Waals surface area contributed by atoms with Gasteiger partial charge < -0.3 is 34.1 Å². The van der Waals surface area contributed by atoms with E-state index in [4.69, 9.17) is 25.5 Å². The largest absolute Gasteiger partial charge is 0.451 e. The van der Waals surface area contributed by atoms with E-state index in [-0.39, 0.29) is 41.3 Å². The molecular formula is C43H38ClN7O8. The zero-order chi connectivity index (χ0) is 41.6. The van der Waals surface area contributed by atoms with Crippen LogP contribution in [0.3, 0.4) is 0 Å². The maximum absolute atomic E-state index is 14.3. The van der Waals surface area contributed by atoms with Crippen molar-refractivity contribution in [2.75, 3.05) is 28.0 Å². The van der Waals surface area contributed by atoms with E-state index >= 15 is 0 Å². The number of H-pyrrole nitrogens is 2. The Balaban J connectivity index is 0.991. The van der Waals surface area contributed by atoms with Crippen LogP contribution in [0.4, 0.5) is 26.7 Å². The molecule has 1 aliphatic heterocycles. The van der Waals surface area contributed by atoms with Gasteiger partial charge in [-0.1, -0.05) is 18.2 Å². The Kier molecular flexibility index (Phi) is 9.98. The number of halogens is 1. The number of carbonyl (C=O) groups is 5. The molecule has 0 fully saturated rings. The maximum Gasteiger partial charge on any atom is 0.426 e. The number of aryl methyl sites for hydroxylation is 1. The lowest BCUT2D eigenvalue weighted by Crippen LogP contribution is -2.44. The summed E-state index contributed by atoms with van der Waals surface area (Å²) < 4.78 is 16.7. The summed E-state index contributed by atoms with van der Waals surface area (Å²) in [6.07, 6.45) is 0.174. The summed E-state index contributed by atoms with van der Waals surface area (Å²) in [4.78, 5) is 73.1. The van der Waals surface area contributed by atoms with Crippen LogP contribution in [0.1, 0.15) is 69.2 Å². The monoisotopic (exact) mass is 815 g/mol. The minimum Gasteiger partial charge on any atom is -0.451 e. The highest BCUT2D eigenvalue weighted by Crippen LogP contribution is 2.47. The summed E-state index contributed by atoms with van der Waals surface area (Å²) in [5.41, 5.74) is 9.25. The molecule has 300 valence electrons. The first-order chi connectivity index (χ1) is 28.2. The second-order valence-electron chi connectivity index (χ2n) is 15.1. The first kappa shape index (κ1) is 38.6. The van der Waals surface area contributed by atoms with E-state index in [0.717, 1.165) is 21.9 Å². The van der Waals surface area contributed by atoms with Crippen LogP contribution in [0.2, 0.25) is 0 Å². The average molecular weight is 816 g/mol. The molecule has 0 radical (unpaired) electrons. The summed E-state index contributed by atoms with van der Waals surface area (Å²) >= 11 is 6.52. The number of rotatable bonds is 7. The van der Waals surface area contributed by atoms with Crippen LogP contribution in [0.5, 0.6) is 5.75 Å². The summed E-state index contributed by atoms with van der Waals surface area (Å²) in [6, 6.07) is 23.6. The Labute approximate surface area is 341 Å². The predicted molar refractivity (Wildman–Crippen MR) is 224 cm³/mol. The maximum atomic E-state index is 14.3.